The molecule has 178 valence electrons. The van der Waals surface area contributed by atoms with Crippen molar-refractivity contribution in [2.45, 2.75) is 45.9 Å². The molecular weight excluding hydrogens is 521 g/mol. The first kappa shape index (κ1) is 27.8. The Morgan fingerprint density at radius 2 is 1.87 bits per heavy atom. The number of hydrogen-bond acceptors (Lipinski definition) is 6. The molecule has 0 saturated carbocycles. The summed E-state index contributed by atoms with van der Waals surface area (Å²) in [5, 5.41) is 3.46. The number of nitrogens with one attached hydrogen (secondary N) is 1. The molecule has 2 fully saturated rings. The van der Waals surface area contributed by atoms with Crippen molar-refractivity contribution in [3.8, 4) is 0 Å². The summed E-state index contributed by atoms with van der Waals surface area (Å²) < 4.78 is 37.5. The minimum Gasteiger partial charge on any atom is -0.379 e. The van der Waals surface area contributed by atoms with Gasteiger partial charge in [0.1, 0.15) is 0 Å². The summed E-state index contributed by atoms with van der Waals surface area (Å²) in [6.07, 6.45) is 0.0410. The number of sulfonamides is 1. The topological polar surface area (TPSA) is 86.7 Å². The van der Waals surface area contributed by atoms with Crippen LogP contribution < -0.4 is 5.32 Å². The maximum Gasteiger partial charge on any atom is 0.216 e. The Bertz CT molecular complexity index is 626. The number of aliphatic imine (C=N–C) groups is 1. The zero-order valence-corrected chi connectivity index (χ0v) is 22.2. The van der Waals surface area contributed by atoms with E-state index in [1.165, 1.54) is 0 Å². The molecule has 1 N–H and O–H groups in total. The van der Waals surface area contributed by atoms with Crippen LogP contribution in [0.25, 0.3) is 0 Å². The summed E-state index contributed by atoms with van der Waals surface area (Å²) in [4.78, 5) is 8.99. The van der Waals surface area contributed by atoms with Crippen LogP contribution in [0.2, 0.25) is 0 Å². The van der Waals surface area contributed by atoms with E-state index in [0.717, 1.165) is 32.3 Å². The lowest BCUT2D eigenvalue weighted by atomic mass is 10.2. The van der Waals surface area contributed by atoms with Crippen molar-refractivity contribution in [3.05, 3.63) is 0 Å². The Morgan fingerprint density at radius 3 is 2.43 bits per heavy atom. The molecule has 0 spiro atoms. The summed E-state index contributed by atoms with van der Waals surface area (Å²) in [7, 11) is -1.50. The van der Waals surface area contributed by atoms with Gasteiger partial charge in [-0.05, 0) is 27.7 Å². The number of rotatable bonds is 8. The van der Waals surface area contributed by atoms with E-state index in [9.17, 15) is 8.42 Å². The number of piperazine rings is 1. The maximum absolute atomic E-state index is 12.5. The number of nitrogens with zero attached hydrogens (tertiary/aromatic N) is 4. The van der Waals surface area contributed by atoms with Crippen LogP contribution in [0.3, 0.4) is 0 Å². The van der Waals surface area contributed by atoms with E-state index in [4.69, 9.17) is 9.47 Å². The highest BCUT2D eigenvalue weighted by Crippen LogP contribution is 2.11. The first-order valence-corrected chi connectivity index (χ1v) is 12.2. The van der Waals surface area contributed by atoms with Gasteiger partial charge in [0, 0.05) is 58.4 Å². The highest BCUT2D eigenvalue weighted by Gasteiger charge is 2.29. The molecule has 30 heavy (non-hydrogen) atoms. The second kappa shape index (κ2) is 13.4. The molecule has 9 nitrogen and oxygen atoms in total. The fourth-order valence-corrected chi connectivity index (χ4v) is 5.06. The molecule has 0 amide bonds. The van der Waals surface area contributed by atoms with Crippen LogP contribution in [0.15, 0.2) is 4.99 Å². The second-order valence-electron chi connectivity index (χ2n) is 8.06. The highest BCUT2D eigenvalue weighted by atomic mass is 127. The highest BCUT2D eigenvalue weighted by molar-refractivity contribution is 14.0. The lowest BCUT2D eigenvalue weighted by Gasteiger charge is -2.39. The van der Waals surface area contributed by atoms with Crippen molar-refractivity contribution in [2.24, 2.45) is 4.99 Å². The number of morpholine rings is 1. The number of halogens is 1. The molecule has 2 rings (SSSR count). The monoisotopic (exact) mass is 561 g/mol. The van der Waals surface area contributed by atoms with E-state index >= 15 is 0 Å². The Kier molecular flexibility index (Phi) is 12.4. The second-order valence-corrected chi connectivity index (χ2v) is 10.1. The molecule has 0 aromatic rings. The SMILES string of the molecule is CN=C(NCC(C)N1CCOCC1C)N1CCN(S(=O)(=O)CCOC(C)C)CC1.I. The summed E-state index contributed by atoms with van der Waals surface area (Å²) in [6, 6.07) is 0.782. The molecular formula is C19H40IN5O4S. The summed E-state index contributed by atoms with van der Waals surface area (Å²) in [6.45, 7) is 14.0. The van der Waals surface area contributed by atoms with Crippen molar-refractivity contribution < 1.29 is 17.9 Å². The number of ether oxygens (including phenoxy) is 2. The van der Waals surface area contributed by atoms with E-state index in [1.54, 1.807) is 11.4 Å². The average Bonchev–Trinajstić information content (AvgIpc) is 2.68. The Morgan fingerprint density at radius 1 is 1.20 bits per heavy atom. The van der Waals surface area contributed by atoms with E-state index in [2.05, 4.69) is 34.0 Å². The lowest BCUT2D eigenvalue weighted by Crippen LogP contribution is -2.56. The quantitative estimate of drug-likeness (QED) is 0.265. The lowest BCUT2D eigenvalue weighted by molar-refractivity contribution is -0.0175. The van der Waals surface area contributed by atoms with Crippen LogP contribution in [0, 0.1) is 0 Å². The van der Waals surface area contributed by atoms with Crippen LogP contribution in [0.4, 0.5) is 0 Å². The minimum atomic E-state index is -3.28. The molecule has 0 aromatic heterocycles. The van der Waals surface area contributed by atoms with Gasteiger partial charge in [0.25, 0.3) is 0 Å². The third-order valence-electron chi connectivity index (χ3n) is 5.48. The maximum atomic E-state index is 12.5. The van der Waals surface area contributed by atoms with Crippen LogP contribution in [-0.4, -0.2) is 119 Å². The van der Waals surface area contributed by atoms with Crippen LogP contribution in [-0.2, 0) is 19.5 Å². The van der Waals surface area contributed by atoms with Gasteiger partial charge in [-0.15, -0.1) is 24.0 Å². The van der Waals surface area contributed by atoms with Gasteiger partial charge in [-0.25, -0.2) is 8.42 Å². The zero-order valence-electron chi connectivity index (χ0n) is 19.0. The van der Waals surface area contributed by atoms with Gasteiger partial charge >= 0.3 is 0 Å². The standard InChI is InChI=1S/C19H39N5O4S.HI/c1-16(2)28-12-13-29(25,26)23-8-6-22(7-9-23)19(20-5)21-14-17(3)24-10-11-27-15-18(24)4;/h16-18H,6-15H2,1-5H3,(H,20,21);1H. The Balaban J connectivity index is 0.00000450. The van der Waals surface area contributed by atoms with Gasteiger partial charge in [-0.2, -0.15) is 4.31 Å². The van der Waals surface area contributed by atoms with Crippen molar-refractivity contribution in [3.63, 3.8) is 0 Å². The van der Waals surface area contributed by atoms with E-state index in [-0.39, 0.29) is 42.4 Å². The van der Waals surface area contributed by atoms with Crippen molar-refractivity contribution in [2.75, 3.05) is 71.9 Å². The van der Waals surface area contributed by atoms with E-state index < -0.39 is 10.0 Å². The number of guanidine groups is 1. The predicted molar refractivity (Wildman–Crippen MR) is 131 cm³/mol. The predicted octanol–water partition coefficient (Wildman–Crippen LogP) is 0.661. The summed E-state index contributed by atoms with van der Waals surface area (Å²) >= 11 is 0. The molecule has 2 aliphatic heterocycles. The third-order valence-corrected chi connectivity index (χ3v) is 7.31. The van der Waals surface area contributed by atoms with Gasteiger partial charge in [-0.1, -0.05) is 0 Å². The Hall–Kier alpha value is -0.210. The molecule has 2 saturated heterocycles. The molecule has 11 heteroatoms. The van der Waals surface area contributed by atoms with Gasteiger partial charge in [0.05, 0.1) is 31.7 Å². The van der Waals surface area contributed by atoms with Crippen molar-refractivity contribution in [1.29, 1.82) is 0 Å². The van der Waals surface area contributed by atoms with Crippen LogP contribution >= 0.6 is 24.0 Å². The van der Waals surface area contributed by atoms with Crippen LogP contribution in [0.5, 0.6) is 0 Å². The fraction of sp³-hybridized carbons (Fsp3) is 0.947. The summed E-state index contributed by atoms with van der Waals surface area (Å²) in [5.74, 6) is 0.867. The average molecular weight is 562 g/mol. The molecule has 2 unspecified atom stereocenters. The molecule has 2 aliphatic rings. The van der Waals surface area contributed by atoms with Crippen molar-refractivity contribution >= 4 is 40.0 Å². The third kappa shape index (κ3) is 8.38. The first-order chi connectivity index (χ1) is 13.7. The molecule has 2 atom stereocenters. The number of hydrogen-bond donors (Lipinski definition) is 1. The zero-order chi connectivity index (χ0) is 21.4. The summed E-state index contributed by atoms with van der Waals surface area (Å²) in [5.41, 5.74) is 0. The van der Waals surface area contributed by atoms with E-state index in [1.807, 2.05) is 13.8 Å². The van der Waals surface area contributed by atoms with E-state index in [0.29, 0.717) is 38.3 Å². The molecule has 0 aliphatic carbocycles. The minimum absolute atomic E-state index is 0. The first-order valence-electron chi connectivity index (χ1n) is 10.6. The molecule has 0 bridgehead atoms. The van der Waals surface area contributed by atoms with Crippen LogP contribution in [0.1, 0.15) is 27.7 Å². The smallest absolute Gasteiger partial charge is 0.216 e. The molecule has 0 aromatic carbocycles. The Labute approximate surface area is 199 Å². The van der Waals surface area contributed by atoms with Gasteiger partial charge < -0.3 is 19.7 Å². The molecule has 2 heterocycles. The molecule has 0 radical (unpaired) electrons. The van der Waals surface area contributed by atoms with Gasteiger partial charge in [0.2, 0.25) is 10.0 Å². The fourth-order valence-electron chi connectivity index (χ4n) is 3.78. The largest absolute Gasteiger partial charge is 0.379 e. The normalized spacial score (nSPS) is 23.3. The van der Waals surface area contributed by atoms with Gasteiger partial charge in [-0.3, -0.25) is 9.89 Å². The van der Waals surface area contributed by atoms with Crippen molar-refractivity contribution in [1.82, 2.24) is 19.4 Å². The van der Waals surface area contributed by atoms with Gasteiger partial charge in [0.15, 0.2) is 5.96 Å².